The SMILES string of the molecule is N#Cc1c(-c2ccccc2)c(C#N)c(-n2c3ccccc3c3cc(-c4ccc5c(c4)c4ccccc4n5-c4ccccc4)ccc32)c(-c2ccccc2)c1-n1c2ccccc2c2cc(-c3ccc4c(c3)c3ccccc3n4-c3ccccc3)ccc21. The Morgan fingerprint density at radius 3 is 0.791 bits per heavy atom. The average Bonchev–Trinajstić information content (AvgIpc) is 1.80. The molecule has 0 N–H and O–H groups in total. The van der Waals surface area contributed by atoms with E-state index in [9.17, 15) is 10.5 Å². The van der Waals surface area contributed by atoms with Crippen LogP contribution in [0.2, 0.25) is 0 Å². The van der Waals surface area contributed by atoms with Gasteiger partial charge in [-0.25, -0.2) is 0 Å². The van der Waals surface area contributed by atoms with Gasteiger partial charge in [-0.05, 0) is 130 Å². The number of hydrogen-bond donors (Lipinski definition) is 0. The van der Waals surface area contributed by atoms with Gasteiger partial charge in [0.25, 0.3) is 0 Å². The van der Waals surface area contributed by atoms with Gasteiger partial charge in [0.2, 0.25) is 0 Å². The first-order valence-electron chi connectivity index (χ1n) is 29.0. The van der Waals surface area contributed by atoms with Gasteiger partial charge >= 0.3 is 0 Å². The highest BCUT2D eigenvalue weighted by Gasteiger charge is 2.32. The van der Waals surface area contributed by atoms with E-state index in [2.05, 4.69) is 273 Å². The first kappa shape index (κ1) is 48.7. The molecule has 17 aromatic rings. The number of para-hydroxylation sites is 6. The second kappa shape index (κ2) is 19.3. The molecule has 0 amide bonds. The molecular weight excluding hydrogens is 1040 g/mol. The fourth-order valence-electron chi connectivity index (χ4n) is 14.0. The Morgan fingerprint density at radius 2 is 0.465 bits per heavy atom. The van der Waals surface area contributed by atoms with Gasteiger partial charge in [0, 0.05) is 65.6 Å². The van der Waals surface area contributed by atoms with Crippen LogP contribution in [-0.4, -0.2) is 18.3 Å². The number of nitrogens with zero attached hydrogens (tertiary/aromatic N) is 6. The van der Waals surface area contributed by atoms with Crippen LogP contribution in [0.3, 0.4) is 0 Å². The first-order valence-corrected chi connectivity index (χ1v) is 29.0. The van der Waals surface area contributed by atoms with Crippen molar-refractivity contribution in [3.05, 3.63) is 302 Å². The minimum Gasteiger partial charge on any atom is -0.309 e. The summed E-state index contributed by atoms with van der Waals surface area (Å²) in [5.41, 5.74) is 20.2. The number of aromatic nitrogens is 4. The number of nitriles is 2. The summed E-state index contributed by atoms with van der Waals surface area (Å²) in [5.74, 6) is 0. The molecule has 0 bridgehead atoms. The van der Waals surface area contributed by atoms with Crippen LogP contribution in [0.1, 0.15) is 11.1 Å². The second-order valence-corrected chi connectivity index (χ2v) is 22.2. The normalized spacial score (nSPS) is 11.7. The van der Waals surface area contributed by atoms with Crippen molar-refractivity contribution in [3.63, 3.8) is 0 Å². The Bertz CT molecular complexity index is 5400. The number of hydrogen-bond acceptors (Lipinski definition) is 2. The van der Waals surface area contributed by atoms with Gasteiger partial charge in [-0.2, -0.15) is 10.5 Å². The fraction of sp³-hybridized carbons (Fsp3) is 0. The van der Waals surface area contributed by atoms with Crippen LogP contribution >= 0.6 is 0 Å². The maximum absolute atomic E-state index is 12.0. The zero-order valence-corrected chi connectivity index (χ0v) is 46.4. The van der Waals surface area contributed by atoms with Crippen molar-refractivity contribution in [1.82, 2.24) is 18.3 Å². The van der Waals surface area contributed by atoms with Crippen molar-refractivity contribution in [2.24, 2.45) is 0 Å². The Balaban J connectivity index is 0.927. The highest BCUT2D eigenvalue weighted by molar-refractivity contribution is 6.16. The van der Waals surface area contributed by atoms with Crippen LogP contribution in [0, 0.1) is 22.7 Å². The summed E-state index contributed by atoms with van der Waals surface area (Å²) in [6, 6.07) is 108. The van der Waals surface area contributed by atoms with E-state index in [4.69, 9.17) is 0 Å². The van der Waals surface area contributed by atoms with Gasteiger partial charge in [-0.1, -0.05) is 194 Å². The second-order valence-electron chi connectivity index (χ2n) is 22.2. The molecule has 86 heavy (non-hydrogen) atoms. The van der Waals surface area contributed by atoms with Crippen molar-refractivity contribution in [2.45, 2.75) is 0 Å². The van der Waals surface area contributed by atoms with Crippen molar-refractivity contribution in [3.8, 4) is 79.4 Å². The predicted octanol–water partition coefficient (Wildman–Crippen LogP) is 20.5. The predicted molar refractivity (Wildman–Crippen MR) is 355 cm³/mol. The molecule has 0 aliphatic carbocycles. The third-order valence-corrected chi connectivity index (χ3v) is 17.6. The summed E-state index contributed by atoms with van der Waals surface area (Å²) in [5, 5.41) is 33.0. The zero-order chi connectivity index (χ0) is 57.0. The lowest BCUT2D eigenvalue weighted by molar-refractivity contribution is 1.12. The molecule has 13 aromatic carbocycles. The lowest BCUT2D eigenvalue weighted by Gasteiger charge is -2.25. The van der Waals surface area contributed by atoms with Crippen molar-refractivity contribution in [1.29, 1.82) is 10.5 Å². The quantitative estimate of drug-likeness (QED) is 0.152. The molecule has 0 radical (unpaired) electrons. The summed E-state index contributed by atoms with van der Waals surface area (Å²) < 4.78 is 9.28. The van der Waals surface area contributed by atoms with E-state index in [1.54, 1.807) is 0 Å². The van der Waals surface area contributed by atoms with Crippen LogP contribution < -0.4 is 0 Å². The molecule has 398 valence electrons. The molecule has 0 saturated carbocycles. The summed E-state index contributed by atoms with van der Waals surface area (Å²) in [6.07, 6.45) is 0. The fourth-order valence-corrected chi connectivity index (χ4v) is 14.0. The number of benzene rings is 13. The van der Waals surface area contributed by atoms with Crippen LogP contribution in [0.25, 0.3) is 154 Å². The third-order valence-electron chi connectivity index (χ3n) is 17.6. The molecule has 0 atom stereocenters. The standard InChI is InChI=1S/C80H48N6/c81-49-67-77(51-21-5-1-6-22-51)68(50-82)80(86-72-36-20-16-32-62(72)66-48-56(40-44-76(66)86)54-38-42-74-64(46-54)60-30-14-18-34-70(60)84(74)58-27-11-4-12-28-58)78(52-23-7-2-8-24-52)79(67)85-71-35-19-15-31-61(71)65-47-55(39-43-75(65)85)53-37-41-73-63(45-53)59-29-13-17-33-69(59)83(73)57-25-9-3-10-26-57/h1-48H. The van der Waals surface area contributed by atoms with Gasteiger partial charge in [0.15, 0.2) is 0 Å². The molecule has 0 fully saturated rings. The highest BCUT2D eigenvalue weighted by atomic mass is 15.0. The zero-order valence-electron chi connectivity index (χ0n) is 46.4. The van der Waals surface area contributed by atoms with Gasteiger partial charge < -0.3 is 18.3 Å². The molecule has 0 aliphatic rings. The number of fused-ring (bicyclic) bond motifs is 12. The Hall–Kier alpha value is -12.0. The summed E-state index contributed by atoms with van der Waals surface area (Å²) in [4.78, 5) is 0. The van der Waals surface area contributed by atoms with Gasteiger partial charge in [0.1, 0.15) is 12.1 Å². The monoisotopic (exact) mass is 1090 g/mol. The van der Waals surface area contributed by atoms with Crippen LogP contribution in [0.15, 0.2) is 291 Å². The third kappa shape index (κ3) is 7.24. The summed E-state index contributed by atoms with van der Waals surface area (Å²) in [6.45, 7) is 0. The minimum atomic E-state index is 0.411. The minimum absolute atomic E-state index is 0.411. The highest BCUT2D eigenvalue weighted by Crippen LogP contribution is 2.50. The van der Waals surface area contributed by atoms with E-state index in [0.717, 1.165) is 116 Å². The molecule has 4 heterocycles. The topological polar surface area (TPSA) is 67.3 Å². The van der Waals surface area contributed by atoms with Crippen LogP contribution in [0.5, 0.6) is 0 Å². The van der Waals surface area contributed by atoms with Crippen LogP contribution in [0.4, 0.5) is 0 Å². The Morgan fingerprint density at radius 1 is 0.209 bits per heavy atom. The molecule has 0 unspecified atom stereocenters. The lowest BCUT2D eigenvalue weighted by atomic mass is 9.86. The summed E-state index contributed by atoms with van der Waals surface area (Å²) >= 11 is 0. The molecular formula is C80H48N6. The van der Waals surface area contributed by atoms with E-state index < -0.39 is 0 Å². The van der Waals surface area contributed by atoms with E-state index in [1.165, 1.54) is 21.5 Å². The van der Waals surface area contributed by atoms with Gasteiger partial charge in [-0.3, -0.25) is 0 Å². The van der Waals surface area contributed by atoms with Crippen molar-refractivity contribution >= 4 is 87.2 Å². The molecule has 0 spiro atoms. The Kier molecular flexibility index (Phi) is 11.0. The summed E-state index contributed by atoms with van der Waals surface area (Å²) in [7, 11) is 0. The van der Waals surface area contributed by atoms with Gasteiger partial charge in [-0.15, -0.1) is 0 Å². The largest absolute Gasteiger partial charge is 0.309 e. The average molecular weight is 1090 g/mol. The molecule has 6 heteroatoms. The molecule has 0 aliphatic heterocycles. The lowest BCUT2D eigenvalue weighted by Crippen LogP contribution is -2.11. The van der Waals surface area contributed by atoms with Crippen LogP contribution in [-0.2, 0) is 0 Å². The maximum Gasteiger partial charge on any atom is 0.102 e. The van der Waals surface area contributed by atoms with E-state index >= 15 is 0 Å². The molecule has 0 saturated heterocycles. The van der Waals surface area contributed by atoms with E-state index in [1.807, 2.05) is 48.5 Å². The molecule has 4 aromatic heterocycles. The number of rotatable bonds is 8. The van der Waals surface area contributed by atoms with E-state index in [0.29, 0.717) is 28.1 Å². The van der Waals surface area contributed by atoms with E-state index in [-0.39, 0.29) is 0 Å². The molecule has 17 rings (SSSR count). The molecule has 6 nitrogen and oxygen atoms in total. The van der Waals surface area contributed by atoms with Crippen molar-refractivity contribution < 1.29 is 0 Å². The maximum atomic E-state index is 12.0. The van der Waals surface area contributed by atoms with Gasteiger partial charge in [0.05, 0.1) is 66.6 Å². The van der Waals surface area contributed by atoms with Crippen molar-refractivity contribution in [2.75, 3.05) is 0 Å². The Labute approximate surface area is 495 Å². The first-order chi connectivity index (χ1) is 42.6. The smallest absolute Gasteiger partial charge is 0.102 e.